The van der Waals surface area contributed by atoms with E-state index in [1.807, 2.05) is 12.1 Å². The van der Waals surface area contributed by atoms with Crippen molar-refractivity contribution in [2.24, 2.45) is 11.8 Å². The third-order valence-corrected chi connectivity index (χ3v) is 8.12. The van der Waals surface area contributed by atoms with Crippen LogP contribution in [0.2, 0.25) is 0 Å². The summed E-state index contributed by atoms with van der Waals surface area (Å²) in [5.41, 5.74) is 1.22. The number of fused-ring (bicyclic) bond motifs is 3. The summed E-state index contributed by atoms with van der Waals surface area (Å²) in [6, 6.07) is 7.51. The van der Waals surface area contributed by atoms with Crippen LogP contribution in [0.25, 0.3) is 0 Å². The molecule has 4 rings (SSSR count). The molecule has 1 aromatic rings. The van der Waals surface area contributed by atoms with Gasteiger partial charge in [0.25, 0.3) is 0 Å². The molecule has 6 unspecified atom stereocenters. The third-order valence-electron chi connectivity index (χ3n) is 6.50. The number of hydrogen-bond donors (Lipinski definition) is 0. The Morgan fingerprint density at radius 3 is 2.68 bits per heavy atom. The van der Waals surface area contributed by atoms with Crippen LogP contribution in [0.3, 0.4) is 0 Å². The summed E-state index contributed by atoms with van der Waals surface area (Å²) in [6.07, 6.45) is 6.63. The normalized spacial score (nSPS) is 35.4. The maximum absolute atomic E-state index is 12.8. The second kappa shape index (κ2) is 6.58. The average Bonchev–Trinajstić information content (AvgIpc) is 3.26. The van der Waals surface area contributed by atoms with Gasteiger partial charge in [-0.3, -0.25) is 0 Å². The van der Waals surface area contributed by atoms with E-state index in [2.05, 4.69) is 13.8 Å². The molecule has 0 aromatic heterocycles. The Morgan fingerprint density at radius 1 is 1.20 bits per heavy atom. The second-order valence-electron chi connectivity index (χ2n) is 8.04. The number of rotatable bonds is 5. The van der Waals surface area contributed by atoms with Crippen LogP contribution in [0.5, 0.6) is 5.75 Å². The van der Waals surface area contributed by atoms with Crippen LogP contribution < -0.4 is 4.18 Å². The van der Waals surface area contributed by atoms with Crippen molar-refractivity contribution in [3.63, 3.8) is 0 Å². The maximum Gasteiger partial charge on any atom is 0.312 e. The van der Waals surface area contributed by atoms with Gasteiger partial charge in [0.2, 0.25) is 0 Å². The molecule has 0 N–H and O–H groups in total. The smallest absolute Gasteiger partial charge is 0.312 e. The molecule has 6 atom stereocenters. The van der Waals surface area contributed by atoms with E-state index in [0.717, 1.165) is 32.1 Å². The minimum atomic E-state index is -3.58. The minimum Gasteiger partial charge on any atom is -0.382 e. The van der Waals surface area contributed by atoms with Gasteiger partial charge in [-0.25, -0.2) is 0 Å². The molecule has 4 nitrogen and oxygen atoms in total. The van der Waals surface area contributed by atoms with Gasteiger partial charge in [-0.15, -0.1) is 0 Å². The Labute approximate surface area is 151 Å². The van der Waals surface area contributed by atoms with Crippen LogP contribution in [-0.4, -0.2) is 25.9 Å². The quantitative estimate of drug-likeness (QED) is 0.579. The summed E-state index contributed by atoms with van der Waals surface area (Å²) in [6.45, 7) is 4.32. The molecule has 0 bridgehead atoms. The van der Waals surface area contributed by atoms with Crippen LogP contribution in [0.1, 0.15) is 63.9 Å². The lowest BCUT2D eigenvalue weighted by atomic mass is 9.91. The summed E-state index contributed by atoms with van der Waals surface area (Å²) >= 11 is 0. The van der Waals surface area contributed by atoms with Crippen LogP contribution in [0.4, 0.5) is 0 Å². The minimum absolute atomic E-state index is 0.308. The Kier molecular flexibility index (Phi) is 4.57. The van der Waals surface area contributed by atoms with Gasteiger partial charge >= 0.3 is 10.1 Å². The Balaban J connectivity index is 1.43. The zero-order chi connectivity index (χ0) is 17.6. The number of ether oxygens (including phenoxy) is 1. The van der Waals surface area contributed by atoms with Crippen LogP contribution in [0, 0.1) is 11.8 Å². The van der Waals surface area contributed by atoms with Gasteiger partial charge < -0.3 is 8.92 Å². The molecule has 2 aliphatic carbocycles. The molecule has 0 radical (unpaired) electrons. The van der Waals surface area contributed by atoms with E-state index in [1.165, 1.54) is 5.56 Å². The lowest BCUT2D eigenvalue weighted by Crippen LogP contribution is -2.24. The SMILES string of the molecule is CCC(C)c1ccc(OS(=O)(=O)C2CC3CCCC4OC4C3C2)cc1. The fourth-order valence-electron chi connectivity index (χ4n) is 4.71. The first kappa shape index (κ1) is 17.3. The van der Waals surface area contributed by atoms with E-state index in [1.54, 1.807) is 12.1 Å². The van der Waals surface area contributed by atoms with Gasteiger partial charge in [-0.05, 0) is 67.6 Å². The molecular weight excluding hydrogens is 336 g/mol. The van der Waals surface area contributed by atoms with Crippen molar-refractivity contribution in [1.29, 1.82) is 0 Å². The van der Waals surface area contributed by atoms with Crippen molar-refractivity contribution < 1.29 is 17.3 Å². The van der Waals surface area contributed by atoms with Gasteiger partial charge in [0.05, 0.1) is 17.5 Å². The first-order valence-electron chi connectivity index (χ1n) is 9.66. The van der Waals surface area contributed by atoms with Gasteiger partial charge in [-0.2, -0.15) is 8.42 Å². The first-order valence-corrected chi connectivity index (χ1v) is 11.1. The van der Waals surface area contributed by atoms with Gasteiger partial charge in [0.1, 0.15) is 5.75 Å². The number of hydrogen-bond acceptors (Lipinski definition) is 4. The molecule has 3 aliphatic rings. The van der Waals surface area contributed by atoms with Crippen molar-refractivity contribution in [2.75, 3.05) is 0 Å². The largest absolute Gasteiger partial charge is 0.382 e. The highest BCUT2D eigenvalue weighted by atomic mass is 32.2. The van der Waals surface area contributed by atoms with E-state index >= 15 is 0 Å². The molecule has 1 saturated heterocycles. The second-order valence-corrected chi connectivity index (χ2v) is 9.86. The fraction of sp³-hybridized carbons (Fsp3) is 0.700. The average molecular weight is 365 g/mol. The van der Waals surface area contributed by atoms with Crippen molar-refractivity contribution in [3.8, 4) is 5.75 Å². The molecule has 1 aliphatic heterocycles. The van der Waals surface area contributed by atoms with E-state index in [4.69, 9.17) is 8.92 Å². The molecule has 5 heteroatoms. The van der Waals surface area contributed by atoms with E-state index in [0.29, 0.717) is 42.1 Å². The molecule has 3 fully saturated rings. The van der Waals surface area contributed by atoms with Crippen LogP contribution in [-0.2, 0) is 14.9 Å². The summed E-state index contributed by atoms with van der Waals surface area (Å²) in [5, 5.41) is -0.389. The molecule has 0 amide bonds. The Hall–Kier alpha value is -1.07. The molecule has 25 heavy (non-hydrogen) atoms. The lowest BCUT2D eigenvalue weighted by molar-refractivity contribution is 0.246. The zero-order valence-corrected chi connectivity index (χ0v) is 15.9. The van der Waals surface area contributed by atoms with Crippen molar-refractivity contribution in [1.82, 2.24) is 0 Å². The van der Waals surface area contributed by atoms with Gasteiger partial charge in [-0.1, -0.05) is 32.4 Å². The van der Waals surface area contributed by atoms with Gasteiger partial charge in [0, 0.05) is 0 Å². The van der Waals surface area contributed by atoms with Crippen molar-refractivity contribution in [3.05, 3.63) is 29.8 Å². The number of epoxide rings is 1. The predicted octanol–water partition coefficient (Wildman–Crippen LogP) is 4.25. The topological polar surface area (TPSA) is 55.9 Å². The highest BCUT2D eigenvalue weighted by Crippen LogP contribution is 2.50. The molecular formula is C20H28O4S. The van der Waals surface area contributed by atoms with E-state index in [9.17, 15) is 8.42 Å². The third kappa shape index (κ3) is 3.45. The molecule has 1 aromatic carbocycles. The monoisotopic (exact) mass is 364 g/mol. The Bertz CT molecular complexity index is 712. The van der Waals surface area contributed by atoms with Crippen molar-refractivity contribution in [2.45, 2.75) is 75.7 Å². The van der Waals surface area contributed by atoms with Crippen molar-refractivity contribution >= 4 is 10.1 Å². The fourth-order valence-corrected chi connectivity index (χ4v) is 6.17. The highest BCUT2D eigenvalue weighted by molar-refractivity contribution is 7.87. The number of benzene rings is 1. The summed E-state index contributed by atoms with van der Waals surface area (Å²) in [7, 11) is -3.58. The summed E-state index contributed by atoms with van der Waals surface area (Å²) < 4.78 is 36.8. The summed E-state index contributed by atoms with van der Waals surface area (Å²) in [4.78, 5) is 0. The predicted molar refractivity (Wildman–Crippen MR) is 97.2 cm³/mol. The standard InChI is InChI=1S/C20H28O4S/c1-3-13(2)14-7-9-16(10-8-14)24-25(21,22)17-11-15-5-4-6-19-20(23-19)18(15)12-17/h7-10,13,15,17-20H,3-6,11-12H2,1-2H3. The molecule has 1 heterocycles. The summed E-state index contributed by atoms with van der Waals surface area (Å²) in [5.74, 6) is 1.79. The first-order chi connectivity index (χ1) is 12.0. The lowest BCUT2D eigenvalue weighted by Gasteiger charge is -2.14. The highest BCUT2D eigenvalue weighted by Gasteiger charge is 2.54. The molecule has 0 spiro atoms. The zero-order valence-electron chi connectivity index (χ0n) is 15.1. The van der Waals surface area contributed by atoms with E-state index in [-0.39, 0.29) is 5.25 Å². The van der Waals surface area contributed by atoms with Gasteiger partial charge in [0.15, 0.2) is 0 Å². The molecule has 2 saturated carbocycles. The van der Waals surface area contributed by atoms with Crippen LogP contribution in [0.15, 0.2) is 24.3 Å². The molecule has 138 valence electrons. The maximum atomic E-state index is 12.8. The van der Waals surface area contributed by atoms with Crippen LogP contribution >= 0.6 is 0 Å². The Morgan fingerprint density at radius 2 is 1.96 bits per heavy atom. The van der Waals surface area contributed by atoms with E-state index < -0.39 is 10.1 Å².